The molecule has 0 heterocycles. The maximum Gasteiger partial charge on any atom is 0.338 e. The highest BCUT2D eigenvalue weighted by molar-refractivity contribution is 5.99. The number of aryl methyl sites for hydroxylation is 1. The third kappa shape index (κ3) is 8.40. The summed E-state index contributed by atoms with van der Waals surface area (Å²) in [5, 5.41) is 0. The fourth-order valence-electron chi connectivity index (χ4n) is 3.11. The van der Waals surface area contributed by atoms with Crippen LogP contribution in [0.1, 0.15) is 85.1 Å². The third-order valence-electron chi connectivity index (χ3n) is 5.04. The van der Waals surface area contributed by atoms with Crippen LogP contribution >= 0.6 is 0 Å². The molecule has 4 nitrogen and oxygen atoms in total. The van der Waals surface area contributed by atoms with Crippen molar-refractivity contribution in [3.05, 3.63) is 65.2 Å². The van der Waals surface area contributed by atoms with E-state index in [-0.39, 0.29) is 12.4 Å². The molecule has 0 unspecified atom stereocenters. The first-order valence-electron chi connectivity index (χ1n) is 11.2. The lowest BCUT2D eigenvalue weighted by Crippen LogP contribution is -2.14. The van der Waals surface area contributed by atoms with Crippen molar-refractivity contribution in [1.82, 2.24) is 0 Å². The van der Waals surface area contributed by atoms with Gasteiger partial charge < -0.3 is 9.47 Å². The van der Waals surface area contributed by atoms with Gasteiger partial charge in [-0.25, -0.2) is 4.79 Å². The number of ether oxygens (including phenoxy) is 2. The van der Waals surface area contributed by atoms with Gasteiger partial charge in [-0.05, 0) is 61.2 Å². The monoisotopic (exact) mass is 410 g/mol. The van der Waals surface area contributed by atoms with Crippen LogP contribution in [0.4, 0.5) is 0 Å². The van der Waals surface area contributed by atoms with Crippen LogP contribution in [0.5, 0.6) is 5.75 Å². The van der Waals surface area contributed by atoms with E-state index >= 15 is 0 Å². The summed E-state index contributed by atoms with van der Waals surface area (Å²) >= 11 is 0. The largest absolute Gasteiger partial charge is 0.494 e. The predicted octanol–water partition coefficient (Wildman–Crippen LogP) is 6.42. The second-order valence-electron chi connectivity index (χ2n) is 7.59. The molecule has 0 spiro atoms. The van der Waals surface area contributed by atoms with Crippen molar-refractivity contribution in [3.63, 3.8) is 0 Å². The highest BCUT2D eigenvalue weighted by Gasteiger charge is 2.12. The molecule has 4 heteroatoms. The van der Waals surface area contributed by atoms with Gasteiger partial charge in [-0.3, -0.25) is 4.79 Å². The van der Waals surface area contributed by atoms with Crippen molar-refractivity contribution in [2.24, 2.45) is 0 Å². The Morgan fingerprint density at radius 3 is 2.03 bits per heavy atom. The Labute approximate surface area is 180 Å². The van der Waals surface area contributed by atoms with E-state index in [1.54, 1.807) is 36.4 Å². The normalized spacial score (nSPS) is 10.6. The Morgan fingerprint density at radius 2 is 1.37 bits per heavy atom. The molecule has 0 fully saturated rings. The van der Waals surface area contributed by atoms with Crippen LogP contribution in [-0.4, -0.2) is 25.0 Å². The molecule has 0 radical (unpaired) electrons. The highest BCUT2D eigenvalue weighted by atomic mass is 16.5. The Hall–Kier alpha value is -2.62. The molecule has 162 valence electrons. The van der Waals surface area contributed by atoms with Gasteiger partial charge in [0.25, 0.3) is 0 Å². The predicted molar refractivity (Wildman–Crippen MR) is 120 cm³/mol. The molecule has 2 rings (SSSR count). The summed E-state index contributed by atoms with van der Waals surface area (Å²) in [5.41, 5.74) is 2.20. The zero-order valence-electron chi connectivity index (χ0n) is 18.3. The van der Waals surface area contributed by atoms with Crippen molar-refractivity contribution in [3.8, 4) is 5.75 Å². The highest BCUT2D eigenvalue weighted by Crippen LogP contribution is 2.14. The number of Topliss-reactive ketones (excluding diaryl/α,β-unsaturated/α-hetero) is 1. The third-order valence-corrected chi connectivity index (χ3v) is 5.04. The fraction of sp³-hybridized carbons (Fsp3) is 0.462. The van der Waals surface area contributed by atoms with Crippen molar-refractivity contribution in [2.75, 3.05) is 13.2 Å². The first-order valence-corrected chi connectivity index (χ1v) is 11.2. The van der Waals surface area contributed by atoms with Gasteiger partial charge in [-0.2, -0.15) is 0 Å². The molecule has 2 aromatic carbocycles. The van der Waals surface area contributed by atoms with Gasteiger partial charge in [0, 0.05) is 5.56 Å². The van der Waals surface area contributed by atoms with Crippen molar-refractivity contribution in [1.29, 1.82) is 0 Å². The van der Waals surface area contributed by atoms with Crippen LogP contribution in [-0.2, 0) is 11.2 Å². The molecule has 0 saturated carbocycles. The molecular formula is C26H34O4. The molecule has 0 aliphatic rings. The van der Waals surface area contributed by atoms with E-state index in [1.165, 1.54) is 37.7 Å². The SMILES string of the molecule is CCCCCCCc1ccc(C(=O)OCC(=O)c2ccc(OCCCC)cc2)cc1. The molecule has 0 N–H and O–H groups in total. The van der Waals surface area contributed by atoms with Gasteiger partial charge in [0.15, 0.2) is 12.4 Å². The summed E-state index contributed by atoms with van der Waals surface area (Å²) < 4.78 is 10.8. The van der Waals surface area contributed by atoms with E-state index in [0.717, 1.165) is 25.0 Å². The van der Waals surface area contributed by atoms with Crippen LogP contribution in [0.3, 0.4) is 0 Å². The lowest BCUT2D eigenvalue weighted by atomic mass is 10.0. The first kappa shape index (κ1) is 23.7. The van der Waals surface area contributed by atoms with Gasteiger partial charge >= 0.3 is 5.97 Å². The molecule has 0 bridgehead atoms. The number of ketones is 1. The number of carbonyl (C=O) groups is 2. The van der Waals surface area contributed by atoms with E-state index in [9.17, 15) is 9.59 Å². The summed E-state index contributed by atoms with van der Waals surface area (Å²) in [7, 11) is 0. The number of unbranched alkanes of at least 4 members (excludes halogenated alkanes) is 5. The molecule has 30 heavy (non-hydrogen) atoms. The topological polar surface area (TPSA) is 52.6 Å². The number of hydrogen-bond donors (Lipinski definition) is 0. The summed E-state index contributed by atoms with van der Waals surface area (Å²) in [6.07, 6.45) is 9.32. The van der Waals surface area contributed by atoms with E-state index in [1.807, 2.05) is 12.1 Å². The minimum absolute atomic E-state index is 0.229. The quantitative estimate of drug-likeness (QED) is 0.205. The van der Waals surface area contributed by atoms with Gasteiger partial charge in [-0.1, -0.05) is 58.1 Å². The van der Waals surface area contributed by atoms with E-state index < -0.39 is 5.97 Å². The van der Waals surface area contributed by atoms with Gasteiger partial charge in [0.2, 0.25) is 0 Å². The van der Waals surface area contributed by atoms with E-state index in [0.29, 0.717) is 17.7 Å². The Bertz CT molecular complexity index is 763. The van der Waals surface area contributed by atoms with Crippen molar-refractivity contribution < 1.29 is 19.1 Å². The average Bonchev–Trinajstić information content (AvgIpc) is 2.78. The minimum atomic E-state index is -0.475. The maximum absolute atomic E-state index is 12.3. The van der Waals surface area contributed by atoms with Gasteiger partial charge in [-0.15, -0.1) is 0 Å². The second-order valence-corrected chi connectivity index (χ2v) is 7.59. The van der Waals surface area contributed by atoms with E-state index in [4.69, 9.17) is 9.47 Å². The Kier molecular flexibility index (Phi) is 10.7. The number of carbonyl (C=O) groups excluding carboxylic acids is 2. The summed E-state index contributed by atoms with van der Waals surface area (Å²) in [6.45, 7) is 4.72. The molecule has 0 amide bonds. The minimum Gasteiger partial charge on any atom is -0.494 e. The molecule has 0 aromatic heterocycles. The van der Waals surface area contributed by atoms with Crippen molar-refractivity contribution in [2.45, 2.75) is 65.2 Å². The molecule has 0 aliphatic heterocycles. The standard InChI is InChI=1S/C26H34O4/c1-3-5-7-8-9-10-21-11-13-23(14-12-21)26(28)30-20-25(27)22-15-17-24(18-16-22)29-19-6-4-2/h11-18H,3-10,19-20H2,1-2H3. The Morgan fingerprint density at radius 1 is 0.733 bits per heavy atom. The lowest BCUT2D eigenvalue weighted by Gasteiger charge is -2.07. The molecule has 0 atom stereocenters. The number of esters is 1. The van der Waals surface area contributed by atoms with Crippen LogP contribution in [0, 0.1) is 0 Å². The van der Waals surface area contributed by atoms with Crippen LogP contribution in [0.15, 0.2) is 48.5 Å². The average molecular weight is 411 g/mol. The molecule has 2 aromatic rings. The molecule has 0 aliphatic carbocycles. The molecule has 0 saturated heterocycles. The smallest absolute Gasteiger partial charge is 0.338 e. The lowest BCUT2D eigenvalue weighted by molar-refractivity contribution is 0.0474. The van der Waals surface area contributed by atoms with Crippen LogP contribution in [0.2, 0.25) is 0 Å². The van der Waals surface area contributed by atoms with Gasteiger partial charge in [0.05, 0.1) is 12.2 Å². The first-order chi connectivity index (χ1) is 14.6. The Balaban J connectivity index is 1.75. The number of hydrogen-bond acceptors (Lipinski definition) is 4. The van der Waals surface area contributed by atoms with Gasteiger partial charge in [0.1, 0.15) is 5.75 Å². The van der Waals surface area contributed by atoms with Crippen molar-refractivity contribution >= 4 is 11.8 Å². The number of rotatable bonds is 14. The fourth-order valence-corrected chi connectivity index (χ4v) is 3.11. The van der Waals surface area contributed by atoms with Crippen LogP contribution < -0.4 is 4.74 Å². The van der Waals surface area contributed by atoms with E-state index in [2.05, 4.69) is 13.8 Å². The number of benzene rings is 2. The summed E-state index contributed by atoms with van der Waals surface area (Å²) in [5.74, 6) is 0.0342. The zero-order valence-corrected chi connectivity index (χ0v) is 18.3. The second kappa shape index (κ2) is 13.6. The maximum atomic E-state index is 12.3. The molecular weight excluding hydrogens is 376 g/mol. The summed E-state index contributed by atoms with van der Waals surface area (Å²) in [4.78, 5) is 24.5. The van der Waals surface area contributed by atoms with Crippen LogP contribution in [0.25, 0.3) is 0 Å². The summed E-state index contributed by atoms with van der Waals surface area (Å²) in [6, 6.07) is 14.4. The zero-order chi connectivity index (χ0) is 21.6.